The van der Waals surface area contributed by atoms with Gasteiger partial charge in [0.25, 0.3) is 0 Å². The third-order valence-electron chi connectivity index (χ3n) is 6.45. The van der Waals surface area contributed by atoms with Crippen LogP contribution < -0.4 is 0 Å². The number of benzene rings is 2. The minimum Gasteiger partial charge on any atom is -0.207 e. The van der Waals surface area contributed by atoms with E-state index in [1.54, 1.807) is 12.1 Å². The van der Waals surface area contributed by atoms with Crippen molar-refractivity contribution in [2.24, 2.45) is 0 Å². The molecular formula is C24H28F2P2. The lowest BCUT2D eigenvalue weighted by molar-refractivity contribution is 0.545. The second-order valence-corrected chi connectivity index (χ2v) is 11.1. The van der Waals surface area contributed by atoms with Gasteiger partial charge in [0.2, 0.25) is 0 Å². The zero-order valence-corrected chi connectivity index (χ0v) is 19.5. The highest BCUT2D eigenvalue weighted by Crippen LogP contribution is 2.55. The maximum atomic E-state index is 14.5. The van der Waals surface area contributed by atoms with Crippen LogP contribution in [0.4, 0.5) is 8.78 Å². The van der Waals surface area contributed by atoms with Crippen LogP contribution in [0, 0.1) is 25.5 Å². The Hall–Kier alpha value is -1.36. The molecule has 0 amide bonds. The number of allylic oxidation sites excluding steroid dienone is 2. The molecule has 2 atom stereocenters. The topological polar surface area (TPSA) is 0 Å². The largest absolute Gasteiger partial charge is 0.207 e. The molecular weight excluding hydrogens is 388 g/mol. The summed E-state index contributed by atoms with van der Waals surface area (Å²) < 4.78 is 29.0. The Bertz CT molecular complexity index is 952. The normalized spacial score (nSPS) is 20.5. The minimum atomic E-state index is -0.591. The number of halogens is 2. The molecule has 4 heteroatoms. The van der Waals surface area contributed by atoms with Gasteiger partial charge in [-0.25, -0.2) is 8.78 Å². The van der Waals surface area contributed by atoms with Crippen LogP contribution in [0.2, 0.25) is 0 Å². The summed E-state index contributed by atoms with van der Waals surface area (Å²) >= 11 is 0. The average Bonchev–Trinajstić information content (AvgIpc) is 2.82. The summed E-state index contributed by atoms with van der Waals surface area (Å²) in [4.78, 5) is 0. The summed E-state index contributed by atoms with van der Waals surface area (Å²) in [5.41, 5.74) is 5.76. The van der Waals surface area contributed by atoms with Crippen molar-refractivity contribution in [2.45, 2.75) is 58.3 Å². The molecule has 28 heavy (non-hydrogen) atoms. The first-order valence-electron chi connectivity index (χ1n) is 9.56. The molecule has 0 N–H and O–H groups in total. The van der Waals surface area contributed by atoms with Crippen molar-refractivity contribution in [1.82, 2.24) is 0 Å². The highest BCUT2D eigenvalue weighted by molar-refractivity contribution is 7.44. The van der Waals surface area contributed by atoms with E-state index >= 15 is 0 Å². The molecule has 0 spiro atoms. The van der Waals surface area contributed by atoms with Gasteiger partial charge in [0.1, 0.15) is 11.6 Å². The summed E-state index contributed by atoms with van der Waals surface area (Å²) in [6.45, 7) is 12.5. The molecule has 0 aromatic heterocycles. The van der Waals surface area contributed by atoms with Gasteiger partial charge in [-0.1, -0.05) is 38.0 Å². The van der Waals surface area contributed by atoms with Crippen molar-refractivity contribution in [3.05, 3.63) is 81.4 Å². The second-order valence-electron chi connectivity index (χ2n) is 8.19. The molecule has 0 saturated carbocycles. The Kier molecular flexibility index (Phi) is 5.70. The SMILES string of the molecule is CC1=PC(C)(CC(P)(c2cccc(F)c2C)c2cccc(F)c2C)C(C)=C1C. The van der Waals surface area contributed by atoms with Gasteiger partial charge in [-0.05, 0) is 93.2 Å². The lowest BCUT2D eigenvalue weighted by Gasteiger charge is -2.40. The smallest absolute Gasteiger partial charge is 0.126 e. The molecule has 0 bridgehead atoms. The summed E-state index contributed by atoms with van der Waals surface area (Å²) in [5, 5.41) is 0.693. The van der Waals surface area contributed by atoms with E-state index in [0.717, 1.165) is 17.5 Å². The van der Waals surface area contributed by atoms with Gasteiger partial charge in [0.05, 0.1) is 0 Å². The monoisotopic (exact) mass is 416 g/mol. The number of hydrogen-bond acceptors (Lipinski definition) is 0. The van der Waals surface area contributed by atoms with Crippen molar-refractivity contribution >= 4 is 22.7 Å². The lowest BCUT2D eigenvalue weighted by Crippen LogP contribution is -2.33. The molecule has 1 aliphatic rings. The minimum absolute atomic E-state index is 0.0898. The van der Waals surface area contributed by atoms with Gasteiger partial charge in [-0.2, -0.15) is 0 Å². The van der Waals surface area contributed by atoms with Crippen molar-refractivity contribution in [3.8, 4) is 0 Å². The van der Waals surface area contributed by atoms with E-state index in [1.807, 2.05) is 26.0 Å². The van der Waals surface area contributed by atoms with Crippen LogP contribution in [0.25, 0.3) is 0 Å². The molecule has 0 nitrogen and oxygen atoms in total. The first kappa shape index (κ1) is 21.4. The molecule has 0 radical (unpaired) electrons. The summed E-state index contributed by atoms with van der Waals surface area (Å²) in [6, 6.07) is 10.5. The van der Waals surface area contributed by atoms with Crippen molar-refractivity contribution in [3.63, 3.8) is 0 Å². The van der Waals surface area contributed by atoms with E-state index in [0.29, 0.717) is 11.1 Å². The maximum Gasteiger partial charge on any atom is 0.126 e. The molecule has 1 aliphatic heterocycles. The Morgan fingerprint density at radius 3 is 1.75 bits per heavy atom. The fraction of sp³-hybridized carbons (Fsp3) is 0.375. The highest BCUT2D eigenvalue weighted by atomic mass is 31.1. The van der Waals surface area contributed by atoms with Crippen LogP contribution in [0.3, 0.4) is 0 Å². The quantitative estimate of drug-likeness (QED) is 0.458. The fourth-order valence-electron chi connectivity index (χ4n) is 4.45. The van der Waals surface area contributed by atoms with Crippen LogP contribution in [0.1, 0.15) is 56.4 Å². The zero-order valence-electron chi connectivity index (χ0n) is 17.5. The Balaban J connectivity index is 2.28. The van der Waals surface area contributed by atoms with Gasteiger partial charge in [0, 0.05) is 10.3 Å². The van der Waals surface area contributed by atoms with Crippen molar-refractivity contribution in [2.75, 3.05) is 0 Å². The lowest BCUT2D eigenvalue weighted by atomic mass is 9.77. The third kappa shape index (κ3) is 3.40. The number of hydrogen-bond donors (Lipinski definition) is 0. The Labute approximate surface area is 171 Å². The molecule has 0 saturated heterocycles. The Morgan fingerprint density at radius 2 is 1.36 bits per heavy atom. The van der Waals surface area contributed by atoms with Crippen LogP contribution in [-0.4, -0.2) is 10.4 Å². The fourth-order valence-corrected chi connectivity index (χ4v) is 7.39. The Morgan fingerprint density at radius 1 is 0.893 bits per heavy atom. The van der Waals surface area contributed by atoms with Crippen LogP contribution >= 0.6 is 17.4 Å². The van der Waals surface area contributed by atoms with E-state index in [4.69, 9.17) is 0 Å². The summed E-state index contributed by atoms with van der Waals surface area (Å²) in [5.74, 6) is -0.447. The predicted molar refractivity (Wildman–Crippen MR) is 122 cm³/mol. The predicted octanol–water partition coefficient (Wildman–Crippen LogP) is 7.34. The number of rotatable bonds is 4. The van der Waals surface area contributed by atoms with Crippen molar-refractivity contribution in [1.29, 1.82) is 0 Å². The zero-order chi connectivity index (χ0) is 20.9. The van der Waals surface area contributed by atoms with E-state index in [2.05, 4.69) is 36.9 Å². The average molecular weight is 416 g/mol. The molecule has 0 fully saturated rings. The third-order valence-corrected chi connectivity index (χ3v) is 8.93. The maximum absolute atomic E-state index is 14.5. The molecule has 3 rings (SSSR count). The van der Waals surface area contributed by atoms with E-state index in [9.17, 15) is 8.78 Å². The van der Waals surface area contributed by atoms with E-state index in [1.165, 1.54) is 36.8 Å². The van der Waals surface area contributed by atoms with Crippen LogP contribution in [0.5, 0.6) is 0 Å². The molecule has 148 valence electrons. The molecule has 1 heterocycles. The van der Waals surface area contributed by atoms with Gasteiger partial charge in [-0.3, -0.25) is 0 Å². The van der Waals surface area contributed by atoms with Gasteiger partial charge in [-0.15, -0.1) is 9.24 Å². The van der Waals surface area contributed by atoms with E-state index in [-0.39, 0.29) is 16.8 Å². The molecule has 2 unspecified atom stereocenters. The van der Waals surface area contributed by atoms with Gasteiger partial charge < -0.3 is 0 Å². The summed E-state index contributed by atoms with van der Waals surface area (Å²) in [7, 11) is 4.25. The van der Waals surface area contributed by atoms with Gasteiger partial charge >= 0.3 is 0 Å². The standard InChI is InChI=1S/C24H28F2P2/c1-14-17(4)23(6,28-18(14)5)13-24(27,19-9-7-11-21(25)15(19)2)20-10-8-12-22(26)16(20)3/h7-12H,13,27H2,1-6H3. The van der Waals surface area contributed by atoms with E-state index < -0.39 is 5.16 Å². The first-order valence-corrected chi connectivity index (χ1v) is 11.0. The van der Waals surface area contributed by atoms with Gasteiger partial charge in [0.15, 0.2) is 0 Å². The highest BCUT2D eigenvalue weighted by Gasteiger charge is 2.43. The molecule has 0 aliphatic carbocycles. The van der Waals surface area contributed by atoms with Crippen LogP contribution in [0.15, 0.2) is 47.5 Å². The molecule has 2 aromatic carbocycles. The summed E-state index contributed by atoms with van der Waals surface area (Å²) in [6.07, 6.45) is 0.751. The second kappa shape index (κ2) is 7.47. The van der Waals surface area contributed by atoms with Crippen LogP contribution in [-0.2, 0) is 5.16 Å². The first-order chi connectivity index (χ1) is 13.0. The van der Waals surface area contributed by atoms with Crippen molar-refractivity contribution < 1.29 is 8.78 Å². The molecule has 2 aromatic rings.